The Kier molecular flexibility index (Phi) is 5.13. The zero-order valence-electron chi connectivity index (χ0n) is 15.3. The fraction of sp³-hybridized carbons (Fsp3) is 0.500. The first-order valence-electron chi connectivity index (χ1n) is 8.74. The van der Waals surface area contributed by atoms with Crippen LogP contribution in [-0.4, -0.2) is 71.1 Å². The second-order valence-corrected chi connectivity index (χ2v) is 7.95. The summed E-state index contributed by atoms with van der Waals surface area (Å²) < 4.78 is 0. The molecule has 2 heterocycles. The third kappa shape index (κ3) is 3.13. The van der Waals surface area contributed by atoms with Crippen LogP contribution in [0.1, 0.15) is 19.8 Å². The molecule has 1 aromatic rings. The molecule has 26 heavy (non-hydrogen) atoms. The van der Waals surface area contributed by atoms with Crippen molar-refractivity contribution in [3.05, 3.63) is 24.3 Å². The van der Waals surface area contributed by atoms with E-state index in [1.54, 1.807) is 23.7 Å². The molecule has 8 heteroatoms. The summed E-state index contributed by atoms with van der Waals surface area (Å²) in [6.07, 6.45) is 0.913. The summed E-state index contributed by atoms with van der Waals surface area (Å²) >= 11 is 1.75. The van der Waals surface area contributed by atoms with E-state index in [0.717, 1.165) is 11.4 Å². The van der Waals surface area contributed by atoms with Crippen molar-refractivity contribution >= 4 is 35.4 Å². The van der Waals surface area contributed by atoms with Crippen LogP contribution in [0.25, 0.3) is 0 Å². The number of piperidine rings is 1. The Morgan fingerprint density at radius 1 is 1.15 bits per heavy atom. The molecular weight excluding hydrogens is 352 g/mol. The minimum absolute atomic E-state index is 0.172. The molecule has 1 N–H and O–H groups in total. The van der Waals surface area contributed by atoms with E-state index in [9.17, 15) is 14.4 Å². The van der Waals surface area contributed by atoms with Crippen molar-refractivity contribution in [1.82, 2.24) is 14.7 Å². The molecule has 1 spiro atoms. The molecule has 0 atom stereocenters. The van der Waals surface area contributed by atoms with Crippen LogP contribution in [0, 0.1) is 0 Å². The van der Waals surface area contributed by atoms with E-state index >= 15 is 0 Å². The second-order valence-electron chi connectivity index (χ2n) is 6.61. The highest BCUT2D eigenvalue weighted by atomic mass is 32.2. The molecule has 0 bridgehead atoms. The van der Waals surface area contributed by atoms with Gasteiger partial charge in [0.1, 0.15) is 5.54 Å². The average Bonchev–Trinajstić information content (AvgIpc) is 2.80. The molecule has 2 saturated heterocycles. The van der Waals surface area contributed by atoms with Crippen LogP contribution in [0.3, 0.4) is 0 Å². The highest BCUT2D eigenvalue weighted by Gasteiger charge is 2.55. The minimum Gasteiger partial charge on any atom is -0.324 e. The number of carbonyl (C=O) groups is 3. The monoisotopic (exact) mass is 376 g/mol. The summed E-state index contributed by atoms with van der Waals surface area (Å²) in [5.41, 5.74) is -0.0542. The van der Waals surface area contributed by atoms with Crippen LogP contribution >= 0.6 is 11.8 Å². The van der Waals surface area contributed by atoms with Gasteiger partial charge in [0.05, 0.1) is 0 Å². The number of likely N-dealkylation sites (tertiary alicyclic amines) is 1. The van der Waals surface area contributed by atoms with Crippen LogP contribution in [0.4, 0.5) is 15.3 Å². The topological polar surface area (TPSA) is 73.0 Å². The van der Waals surface area contributed by atoms with Crippen molar-refractivity contribution < 1.29 is 14.4 Å². The molecular formula is C18H24N4O3S. The van der Waals surface area contributed by atoms with E-state index in [1.807, 2.05) is 24.3 Å². The maximum atomic E-state index is 12.5. The first-order chi connectivity index (χ1) is 12.4. The lowest BCUT2D eigenvalue weighted by Crippen LogP contribution is -2.56. The number of nitrogens with one attached hydrogen (secondary N) is 1. The van der Waals surface area contributed by atoms with Crippen LogP contribution in [0.15, 0.2) is 29.2 Å². The SMILES string of the molecule is CCSc1ccc(NC(=O)N2CCC3(CC2)C(=O)N(C)C(=O)N3C)cc1. The molecule has 7 nitrogen and oxygen atoms in total. The van der Waals surface area contributed by atoms with Gasteiger partial charge in [-0.05, 0) is 42.9 Å². The van der Waals surface area contributed by atoms with Gasteiger partial charge in [0.2, 0.25) is 0 Å². The molecule has 2 aliphatic rings. The number of rotatable bonds is 3. The van der Waals surface area contributed by atoms with E-state index < -0.39 is 5.54 Å². The number of amides is 5. The van der Waals surface area contributed by atoms with E-state index in [-0.39, 0.29) is 18.0 Å². The Hall–Kier alpha value is -2.22. The molecule has 5 amide bonds. The van der Waals surface area contributed by atoms with Crippen molar-refractivity contribution in [3.63, 3.8) is 0 Å². The fourth-order valence-electron chi connectivity index (χ4n) is 3.58. The summed E-state index contributed by atoms with van der Waals surface area (Å²) in [5, 5.41) is 2.90. The summed E-state index contributed by atoms with van der Waals surface area (Å²) in [6, 6.07) is 7.30. The summed E-state index contributed by atoms with van der Waals surface area (Å²) in [4.78, 5) is 42.6. The van der Waals surface area contributed by atoms with Gasteiger partial charge in [-0.2, -0.15) is 0 Å². The predicted molar refractivity (Wildman–Crippen MR) is 101 cm³/mol. The van der Waals surface area contributed by atoms with Gasteiger partial charge < -0.3 is 15.1 Å². The fourth-order valence-corrected chi connectivity index (χ4v) is 4.25. The zero-order chi connectivity index (χ0) is 18.9. The molecule has 0 aliphatic carbocycles. The lowest BCUT2D eigenvalue weighted by atomic mass is 9.86. The van der Waals surface area contributed by atoms with Gasteiger partial charge in [-0.3, -0.25) is 9.69 Å². The van der Waals surface area contributed by atoms with Crippen molar-refractivity contribution in [3.8, 4) is 0 Å². The van der Waals surface area contributed by atoms with Crippen molar-refractivity contribution in [2.75, 3.05) is 38.3 Å². The number of anilines is 1. The summed E-state index contributed by atoms with van der Waals surface area (Å²) in [5.74, 6) is 0.834. The van der Waals surface area contributed by atoms with Crippen LogP contribution < -0.4 is 5.32 Å². The highest BCUT2D eigenvalue weighted by Crippen LogP contribution is 2.35. The Morgan fingerprint density at radius 2 is 1.77 bits per heavy atom. The molecule has 0 aromatic heterocycles. The number of urea groups is 2. The number of imide groups is 1. The molecule has 2 fully saturated rings. The van der Waals surface area contributed by atoms with Crippen LogP contribution in [-0.2, 0) is 4.79 Å². The second kappa shape index (κ2) is 7.19. The number of nitrogens with zero attached hydrogens (tertiary/aromatic N) is 3. The predicted octanol–water partition coefficient (Wildman–Crippen LogP) is 2.69. The Morgan fingerprint density at radius 3 is 2.27 bits per heavy atom. The van der Waals surface area contributed by atoms with Crippen molar-refractivity contribution in [2.45, 2.75) is 30.2 Å². The number of hydrogen-bond donors (Lipinski definition) is 1. The van der Waals surface area contributed by atoms with E-state index in [4.69, 9.17) is 0 Å². The molecule has 0 saturated carbocycles. The quantitative estimate of drug-likeness (QED) is 0.650. The molecule has 0 radical (unpaired) electrons. The van der Waals surface area contributed by atoms with Gasteiger partial charge >= 0.3 is 12.1 Å². The van der Waals surface area contributed by atoms with Gasteiger partial charge in [0, 0.05) is 37.8 Å². The van der Waals surface area contributed by atoms with E-state index in [0.29, 0.717) is 25.9 Å². The largest absolute Gasteiger partial charge is 0.327 e. The lowest BCUT2D eigenvalue weighted by molar-refractivity contribution is -0.134. The van der Waals surface area contributed by atoms with Gasteiger partial charge in [-0.25, -0.2) is 9.59 Å². The first-order valence-corrected chi connectivity index (χ1v) is 9.72. The number of likely N-dealkylation sites (N-methyl/N-ethyl adjacent to an activating group) is 2. The van der Waals surface area contributed by atoms with Gasteiger partial charge in [0.15, 0.2) is 0 Å². The zero-order valence-corrected chi connectivity index (χ0v) is 16.1. The van der Waals surface area contributed by atoms with E-state index in [2.05, 4.69) is 12.2 Å². The Balaban J connectivity index is 1.60. The number of hydrogen-bond acceptors (Lipinski definition) is 4. The summed E-state index contributed by atoms with van der Waals surface area (Å²) in [7, 11) is 3.17. The summed E-state index contributed by atoms with van der Waals surface area (Å²) in [6.45, 7) is 2.97. The smallest absolute Gasteiger partial charge is 0.324 e. The average molecular weight is 376 g/mol. The van der Waals surface area contributed by atoms with Crippen LogP contribution in [0.2, 0.25) is 0 Å². The van der Waals surface area contributed by atoms with Crippen molar-refractivity contribution in [1.29, 1.82) is 0 Å². The normalized spacial score (nSPS) is 19.4. The maximum absolute atomic E-state index is 12.5. The third-order valence-electron chi connectivity index (χ3n) is 5.21. The third-order valence-corrected chi connectivity index (χ3v) is 6.11. The number of benzene rings is 1. The van der Waals surface area contributed by atoms with Crippen LogP contribution in [0.5, 0.6) is 0 Å². The Labute approximate surface area is 157 Å². The Bertz CT molecular complexity index is 714. The molecule has 0 unspecified atom stereocenters. The standard InChI is InChI=1S/C18H24N4O3S/c1-4-26-14-7-5-13(6-8-14)19-16(24)22-11-9-18(10-12-22)15(23)20(2)17(25)21(18)3/h5-8H,4,9-12H2,1-3H3,(H,19,24). The minimum atomic E-state index is -0.804. The molecule has 3 rings (SSSR count). The molecule has 1 aromatic carbocycles. The lowest BCUT2D eigenvalue weighted by Gasteiger charge is -2.40. The van der Waals surface area contributed by atoms with Gasteiger partial charge in [0.25, 0.3) is 5.91 Å². The highest BCUT2D eigenvalue weighted by molar-refractivity contribution is 7.99. The maximum Gasteiger partial charge on any atom is 0.327 e. The number of thioether (sulfide) groups is 1. The van der Waals surface area contributed by atoms with Gasteiger partial charge in [-0.15, -0.1) is 11.8 Å². The number of carbonyl (C=O) groups excluding carboxylic acids is 3. The first kappa shape index (κ1) is 18.6. The van der Waals surface area contributed by atoms with Gasteiger partial charge in [-0.1, -0.05) is 6.92 Å². The molecule has 140 valence electrons. The van der Waals surface area contributed by atoms with E-state index in [1.165, 1.54) is 21.7 Å². The molecule has 2 aliphatic heterocycles. The van der Waals surface area contributed by atoms with Crippen molar-refractivity contribution in [2.24, 2.45) is 0 Å².